The van der Waals surface area contributed by atoms with E-state index in [-0.39, 0.29) is 5.15 Å². The van der Waals surface area contributed by atoms with Crippen molar-refractivity contribution >= 4 is 17.9 Å². The number of carbonyl (C=O) groups excluding carboxylic acids is 1. The van der Waals surface area contributed by atoms with Crippen molar-refractivity contribution in [2.45, 2.75) is 6.92 Å². The molecule has 0 bridgehead atoms. The fourth-order valence-electron chi connectivity index (χ4n) is 0.484. The monoisotopic (exact) mass is 145 g/mol. The van der Waals surface area contributed by atoms with Crippen LogP contribution in [0.2, 0.25) is 5.15 Å². The van der Waals surface area contributed by atoms with Crippen LogP contribution < -0.4 is 0 Å². The summed E-state index contributed by atoms with van der Waals surface area (Å²) in [7, 11) is 0. The van der Waals surface area contributed by atoms with Gasteiger partial charge in [-0.2, -0.15) is 0 Å². The van der Waals surface area contributed by atoms with E-state index in [4.69, 9.17) is 11.6 Å². The van der Waals surface area contributed by atoms with Gasteiger partial charge in [-0.15, -0.1) is 0 Å². The van der Waals surface area contributed by atoms with Crippen molar-refractivity contribution in [1.82, 2.24) is 5.16 Å². The van der Waals surface area contributed by atoms with E-state index in [0.717, 1.165) is 0 Å². The van der Waals surface area contributed by atoms with Crippen molar-refractivity contribution in [2.75, 3.05) is 0 Å². The average molecular weight is 146 g/mol. The Kier molecular flexibility index (Phi) is 1.53. The Hall–Kier alpha value is -0.830. The molecule has 0 atom stereocenters. The minimum Gasteiger partial charge on any atom is -0.359 e. The maximum atomic E-state index is 10.1. The van der Waals surface area contributed by atoms with Crippen LogP contribution in [-0.4, -0.2) is 11.4 Å². The summed E-state index contributed by atoms with van der Waals surface area (Å²) in [6, 6.07) is 0. The minimum atomic E-state index is 0.127. The fraction of sp³-hybridized carbons (Fsp3) is 0.200. The highest BCUT2D eigenvalue weighted by Crippen LogP contribution is 2.14. The number of carbonyl (C=O) groups is 1. The number of aldehydes is 1. The van der Waals surface area contributed by atoms with Crippen molar-refractivity contribution in [3.05, 3.63) is 16.5 Å². The predicted molar refractivity (Wildman–Crippen MR) is 31.6 cm³/mol. The molecule has 4 heteroatoms. The van der Waals surface area contributed by atoms with E-state index in [2.05, 4.69) is 9.68 Å². The number of hydrogen-bond donors (Lipinski definition) is 0. The smallest absolute Gasteiger partial charge is 0.182 e. The van der Waals surface area contributed by atoms with E-state index in [1.807, 2.05) is 0 Å². The molecule has 1 heterocycles. The molecule has 0 spiro atoms. The first-order valence-electron chi connectivity index (χ1n) is 2.32. The van der Waals surface area contributed by atoms with Crippen molar-refractivity contribution in [3.63, 3.8) is 0 Å². The first kappa shape index (κ1) is 6.29. The van der Waals surface area contributed by atoms with Crippen LogP contribution in [-0.2, 0) is 0 Å². The molecule has 0 amide bonds. The van der Waals surface area contributed by atoms with Crippen LogP contribution in [0.3, 0.4) is 0 Å². The molecule has 48 valence electrons. The number of aromatic nitrogens is 1. The van der Waals surface area contributed by atoms with Gasteiger partial charge in [0.25, 0.3) is 0 Å². The Morgan fingerprint density at radius 2 is 2.44 bits per heavy atom. The highest BCUT2D eigenvalue weighted by molar-refractivity contribution is 6.31. The Morgan fingerprint density at radius 1 is 1.78 bits per heavy atom. The molecule has 3 nitrogen and oxygen atoms in total. The van der Waals surface area contributed by atoms with E-state index in [0.29, 0.717) is 17.6 Å². The molecule has 0 aliphatic carbocycles. The van der Waals surface area contributed by atoms with Gasteiger partial charge in [-0.3, -0.25) is 4.79 Å². The van der Waals surface area contributed by atoms with E-state index in [1.165, 1.54) is 0 Å². The van der Waals surface area contributed by atoms with E-state index in [9.17, 15) is 4.79 Å². The van der Waals surface area contributed by atoms with Gasteiger partial charge in [0.15, 0.2) is 11.4 Å². The van der Waals surface area contributed by atoms with Gasteiger partial charge < -0.3 is 4.52 Å². The lowest BCUT2D eigenvalue weighted by atomic mass is 10.3. The topological polar surface area (TPSA) is 43.1 Å². The molecular formula is C5H4ClNO2. The van der Waals surface area contributed by atoms with Crippen LogP contribution in [0.5, 0.6) is 0 Å². The minimum absolute atomic E-state index is 0.127. The molecule has 0 aliphatic heterocycles. The highest BCUT2D eigenvalue weighted by atomic mass is 35.5. The maximum Gasteiger partial charge on any atom is 0.182 e. The van der Waals surface area contributed by atoms with Gasteiger partial charge >= 0.3 is 0 Å². The van der Waals surface area contributed by atoms with Crippen LogP contribution in [0.4, 0.5) is 0 Å². The van der Waals surface area contributed by atoms with Gasteiger partial charge in [-0.1, -0.05) is 16.8 Å². The summed E-state index contributed by atoms with van der Waals surface area (Å²) in [6.45, 7) is 1.63. The summed E-state index contributed by atoms with van der Waals surface area (Å²) in [5.74, 6) is 0.454. The lowest BCUT2D eigenvalue weighted by molar-refractivity contribution is 0.112. The average Bonchev–Trinajstić information content (AvgIpc) is 2.12. The van der Waals surface area contributed by atoms with Gasteiger partial charge in [0.05, 0.1) is 5.56 Å². The Labute approximate surface area is 56.6 Å². The number of rotatable bonds is 1. The lowest BCUT2D eigenvalue weighted by Gasteiger charge is -1.77. The Bertz CT molecular complexity index is 211. The summed E-state index contributed by atoms with van der Waals surface area (Å²) < 4.78 is 4.57. The zero-order chi connectivity index (χ0) is 6.85. The molecule has 9 heavy (non-hydrogen) atoms. The number of halogens is 1. The molecule has 0 saturated heterocycles. The van der Waals surface area contributed by atoms with Crippen molar-refractivity contribution in [1.29, 1.82) is 0 Å². The maximum absolute atomic E-state index is 10.1. The third-order valence-corrected chi connectivity index (χ3v) is 1.25. The van der Waals surface area contributed by atoms with Gasteiger partial charge in [-0.05, 0) is 6.92 Å². The second kappa shape index (κ2) is 2.19. The normalized spacial score (nSPS) is 9.56. The van der Waals surface area contributed by atoms with Gasteiger partial charge in [0.1, 0.15) is 5.76 Å². The summed E-state index contributed by atoms with van der Waals surface area (Å²) in [5.41, 5.74) is 0.330. The van der Waals surface area contributed by atoms with E-state index >= 15 is 0 Å². The molecule has 0 unspecified atom stereocenters. The van der Waals surface area contributed by atoms with Crippen LogP contribution in [0, 0.1) is 6.92 Å². The van der Waals surface area contributed by atoms with Crippen LogP contribution >= 0.6 is 11.6 Å². The van der Waals surface area contributed by atoms with Crippen LogP contribution in [0.1, 0.15) is 16.1 Å². The molecule has 0 radical (unpaired) electrons. The molecule has 1 rings (SSSR count). The summed E-state index contributed by atoms with van der Waals surface area (Å²) in [5, 5.41) is 3.47. The first-order chi connectivity index (χ1) is 4.25. The van der Waals surface area contributed by atoms with E-state index in [1.54, 1.807) is 6.92 Å². The van der Waals surface area contributed by atoms with Crippen LogP contribution in [0.15, 0.2) is 4.52 Å². The van der Waals surface area contributed by atoms with Crippen molar-refractivity contribution in [2.24, 2.45) is 0 Å². The molecule has 0 N–H and O–H groups in total. The molecule has 1 aromatic heterocycles. The first-order valence-corrected chi connectivity index (χ1v) is 2.70. The third-order valence-electron chi connectivity index (χ3n) is 0.982. The molecule has 1 aromatic rings. The third kappa shape index (κ3) is 0.954. The van der Waals surface area contributed by atoms with Gasteiger partial charge in [0.2, 0.25) is 0 Å². The quantitative estimate of drug-likeness (QED) is 0.562. The zero-order valence-corrected chi connectivity index (χ0v) is 5.47. The van der Waals surface area contributed by atoms with Crippen molar-refractivity contribution in [3.8, 4) is 0 Å². The van der Waals surface area contributed by atoms with E-state index < -0.39 is 0 Å². The summed E-state index contributed by atoms with van der Waals surface area (Å²) in [6.07, 6.45) is 0.619. The van der Waals surface area contributed by atoms with Crippen LogP contribution in [0.25, 0.3) is 0 Å². The Balaban J connectivity index is 3.22. The Morgan fingerprint density at radius 3 is 2.67 bits per heavy atom. The molecule has 0 saturated carbocycles. The second-order valence-electron chi connectivity index (χ2n) is 1.56. The molecule has 0 fully saturated rings. The summed E-state index contributed by atoms with van der Waals surface area (Å²) in [4.78, 5) is 10.1. The SMILES string of the molecule is Cc1onc(Cl)c1C=O. The predicted octanol–water partition coefficient (Wildman–Crippen LogP) is 1.45. The van der Waals surface area contributed by atoms with Gasteiger partial charge in [-0.25, -0.2) is 0 Å². The molecular weight excluding hydrogens is 142 g/mol. The van der Waals surface area contributed by atoms with Gasteiger partial charge in [0, 0.05) is 0 Å². The number of aryl methyl sites for hydroxylation is 1. The molecule has 0 aliphatic rings. The second-order valence-corrected chi connectivity index (χ2v) is 1.92. The lowest BCUT2D eigenvalue weighted by Crippen LogP contribution is -1.77. The van der Waals surface area contributed by atoms with Crippen molar-refractivity contribution < 1.29 is 9.32 Å². The largest absolute Gasteiger partial charge is 0.359 e. The zero-order valence-electron chi connectivity index (χ0n) is 4.72. The number of hydrogen-bond acceptors (Lipinski definition) is 3. The highest BCUT2D eigenvalue weighted by Gasteiger charge is 2.07. The standard InChI is InChI=1S/C5H4ClNO2/c1-3-4(2-8)5(6)7-9-3/h2H,1H3. The fourth-order valence-corrected chi connectivity index (χ4v) is 0.696. The summed E-state index contributed by atoms with van der Waals surface area (Å²) >= 11 is 5.41. The molecule has 0 aromatic carbocycles. The number of nitrogens with zero attached hydrogens (tertiary/aromatic N) is 1.